The van der Waals surface area contributed by atoms with Crippen molar-refractivity contribution in [3.63, 3.8) is 0 Å². The van der Waals surface area contributed by atoms with Crippen LogP contribution in [0.3, 0.4) is 0 Å². The molecule has 0 aliphatic carbocycles. The molecule has 0 saturated carbocycles. The van der Waals surface area contributed by atoms with Crippen molar-refractivity contribution in [3.05, 3.63) is 34.6 Å². The van der Waals surface area contributed by atoms with Gasteiger partial charge in [0.2, 0.25) is 0 Å². The summed E-state index contributed by atoms with van der Waals surface area (Å²) >= 11 is 5.61. The lowest BCUT2D eigenvalue weighted by molar-refractivity contribution is 0.568. The van der Waals surface area contributed by atoms with Crippen molar-refractivity contribution in [1.29, 1.82) is 0 Å². The third kappa shape index (κ3) is 2.73. The van der Waals surface area contributed by atoms with E-state index in [9.17, 15) is 4.39 Å². The Kier molecular flexibility index (Phi) is 3.94. The van der Waals surface area contributed by atoms with Crippen molar-refractivity contribution < 1.29 is 4.39 Å². The van der Waals surface area contributed by atoms with Gasteiger partial charge >= 0.3 is 0 Å². The first-order valence-corrected chi connectivity index (χ1v) is 4.67. The first-order valence-electron chi connectivity index (χ1n) is 4.29. The first kappa shape index (κ1) is 11.0. The SMILES string of the molecule is C#CCCC(N)c1ccc(Cl)cc1F. The molecule has 14 heavy (non-hydrogen) atoms. The van der Waals surface area contributed by atoms with Crippen LogP contribution < -0.4 is 5.73 Å². The van der Waals surface area contributed by atoms with E-state index in [0.717, 1.165) is 0 Å². The second-order valence-corrected chi connectivity index (χ2v) is 3.45. The lowest BCUT2D eigenvalue weighted by Gasteiger charge is -2.11. The summed E-state index contributed by atoms with van der Waals surface area (Å²) in [6.07, 6.45) is 6.22. The van der Waals surface area contributed by atoms with Gasteiger partial charge in [-0.15, -0.1) is 12.3 Å². The second kappa shape index (κ2) is 4.99. The van der Waals surface area contributed by atoms with Crippen LogP contribution in [0.4, 0.5) is 4.39 Å². The minimum Gasteiger partial charge on any atom is -0.324 e. The van der Waals surface area contributed by atoms with E-state index in [-0.39, 0.29) is 11.9 Å². The van der Waals surface area contributed by atoms with E-state index in [1.807, 2.05) is 0 Å². The molecule has 1 unspecified atom stereocenters. The summed E-state index contributed by atoms with van der Waals surface area (Å²) in [7, 11) is 0. The van der Waals surface area contributed by atoms with Crippen LogP contribution in [0.5, 0.6) is 0 Å². The van der Waals surface area contributed by atoms with Gasteiger partial charge in [0.25, 0.3) is 0 Å². The van der Waals surface area contributed by atoms with Crippen molar-refractivity contribution in [2.75, 3.05) is 0 Å². The molecule has 0 aliphatic heterocycles. The highest BCUT2D eigenvalue weighted by Gasteiger charge is 2.10. The standard InChI is InChI=1S/C11H11ClFN/c1-2-3-4-11(14)9-6-5-8(12)7-10(9)13/h1,5-7,11H,3-4,14H2. The number of terminal acetylenes is 1. The fourth-order valence-corrected chi connectivity index (χ4v) is 1.36. The molecule has 1 aromatic rings. The minimum atomic E-state index is -0.373. The molecule has 1 rings (SSSR count). The lowest BCUT2D eigenvalue weighted by atomic mass is 10.0. The van der Waals surface area contributed by atoms with Crippen molar-refractivity contribution in [1.82, 2.24) is 0 Å². The number of hydrogen-bond acceptors (Lipinski definition) is 1. The molecule has 0 amide bonds. The van der Waals surface area contributed by atoms with Crippen LogP contribution in [-0.4, -0.2) is 0 Å². The van der Waals surface area contributed by atoms with Gasteiger partial charge in [-0.05, 0) is 18.6 Å². The molecule has 0 bridgehead atoms. The average molecular weight is 212 g/mol. The summed E-state index contributed by atoms with van der Waals surface area (Å²) in [6, 6.07) is 4.12. The Morgan fingerprint density at radius 3 is 2.86 bits per heavy atom. The van der Waals surface area contributed by atoms with E-state index in [0.29, 0.717) is 23.4 Å². The summed E-state index contributed by atoms with van der Waals surface area (Å²) in [6.45, 7) is 0. The highest BCUT2D eigenvalue weighted by atomic mass is 35.5. The summed E-state index contributed by atoms with van der Waals surface area (Å²) in [5.41, 5.74) is 6.22. The second-order valence-electron chi connectivity index (χ2n) is 3.02. The molecule has 1 nitrogen and oxygen atoms in total. The molecule has 3 heteroatoms. The normalized spacial score (nSPS) is 12.1. The molecule has 2 N–H and O–H groups in total. The Morgan fingerprint density at radius 2 is 2.29 bits per heavy atom. The Bertz CT molecular complexity index is 357. The fourth-order valence-electron chi connectivity index (χ4n) is 1.20. The quantitative estimate of drug-likeness (QED) is 0.765. The van der Waals surface area contributed by atoms with Crippen molar-refractivity contribution in [2.45, 2.75) is 18.9 Å². The Labute approximate surface area is 88.1 Å². The molecule has 1 atom stereocenters. The topological polar surface area (TPSA) is 26.0 Å². The fraction of sp³-hybridized carbons (Fsp3) is 0.273. The molecule has 0 spiro atoms. The van der Waals surface area contributed by atoms with Gasteiger partial charge in [0, 0.05) is 23.0 Å². The van der Waals surface area contributed by atoms with Crippen LogP contribution in [-0.2, 0) is 0 Å². The van der Waals surface area contributed by atoms with Crippen LogP contribution in [0.15, 0.2) is 18.2 Å². The molecule has 0 aliphatic rings. The van der Waals surface area contributed by atoms with E-state index in [1.165, 1.54) is 6.07 Å². The molecule has 0 radical (unpaired) electrons. The van der Waals surface area contributed by atoms with Crippen LogP contribution in [0.25, 0.3) is 0 Å². The van der Waals surface area contributed by atoms with Crippen LogP contribution in [0, 0.1) is 18.2 Å². The molecule has 0 heterocycles. The Hall–Kier alpha value is -1.04. The van der Waals surface area contributed by atoms with Crippen LogP contribution in [0.2, 0.25) is 5.02 Å². The van der Waals surface area contributed by atoms with Gasteiger partial charge in [-0.1, -0.05) is 17.7 Å². The van der Waals surface area contributed by atoms with E-state index in [2.05, 4.69) is 5.92 Å². The minimum absolute atomic E-state index is 0.358. The highest BCUT2D eigenvalue weighted by molar-refractivity contribution is 6.30. The number of rotatable bonds is 3. The number of hydrogen-bond donors (Lipinski definition) is 1. The van der Waals surface area contributed by atoms with Crippen LogP contribution >= 0.6 is 11.6 Å². The summed E-state index contributed by atoms with van der Waals surface area (Å²) in [5.74, 6) is 2.10. The predicted octanol–water partition coefficient (Wildman–Crippen LogP) is 2.89. The maximum Gasteiger partial charge on any atom is 0.129 e. The van der Waals surface area contributed by atoms with E-state index in [4.69, 9.17) is 23.8 Å². The summed E-state index contributed by atoms with van der Waals surface area (Å²) in [5, 5.41) is 0.371. The third-order valence-corrected chi connectivity index (χ3v) is 2.20. The molecular weight excluding hydrogens is 201 g/mol. The maximum atomic E-state index is 13.3. The smallest absolute Gasteiger partial charge is 0.129 e. The molecule has 74 valence electrons. The van der Waals surface area contributed by atoms with Crippen molar-refractivity contribution in [2.24, 2.45) is 5.73 Å². The van der Waals surface area contributed by atoms with Gasteiger partial charge in [-0.3, -0.25) is 0 Å². The van der Waals surface area contributed by atoms with E-state index < -0.39 is 0 Å². The summed E-state index contributed by atoms with van der Waals surface area (Å²) in [4.78, 5) is 0. The van der Waals surface area contributed by atoms with Gasteiger partial charge in [-0.25, -0.2) is 4.39 Å². The molecule has 0 fully saturated rings. The highest BCUT2D eigenvalue weighted by Crippen LogP contribution is 2.21. The summed E-state index contributed by atoms with van der Waals surface area (Å²) < 4.78 is 13.3. The number of benzene rings is 1. The molecular formula is C11H11ClFN. The van der Waals surface area contributed by atoms with Gasteiger partial charge in [0.05, 0.1) is 0 Å². The van der Waals surface area contributed by atoms with E-state index in [1.54, 1.807) is 12.1 Å². The van der Waals surface area contributed by atoms with Gasteiger partial charge in [0.1, 0.15) is 5.82 Å². The van der Waals surface area contributed by atoms with Gasteiger partial charge < -0.3 is 5.73 Å². The Morgan fingerprint density at radius 1 is 1.57 bits per heavy atom. The number of halogens is 2. The zero-order valence-electron chi connectivity index (χ0n) is 7.63. The Balaban J connectivity index is 2.80. The average Bonchev–Trinajstić information content (AvgIpc) is 2.14. The lowest BCUT2D eigenvalue weighted by Crippen LogP contribution is -2.11. The van der Waals surface area contributed by atoms with Crippen LogP contribution in [0.1, 0.15) is 24.4 Å². The first-order chi connectivity index (χ1) is 6.65. The van der Waals surface area contributed by atoms with Crippen molar-refractivity contribution >= 4 is 11.6 Å². The third-order valence-electron chi connectivity index (χ3n) is 1.96. The van der Waals surface area contributed by atoms with Gasteiger partial charge in [0.15, 0.2) is 0 Å². The van der Waals surface area contributed by atoms with Crippen molar-refractivity contribution in [3.8, 4) is 12.3 Å². The van der Waals surface area contributed by atoms with E-state index >= 15 is 0 Å². The maximum absolute atomic E-state index is 13.3. The zero-order chi connectivity index (χ0) is 10.6. The predicted molar refractivity (Wildman–Crippen MR) is 56.4 cm³/mol. The molecule has 0 aromatic heterocycles. The molecule has 0 saturated heterocycles. The molecule has 1 aromatic carbocycles. The monoisotopic (exact) mass is 211 g/mol. The van der Waals surface area contributed by atoms with Gasteiger partial charge in [-0.2, -0.15) is 0 Å². The number of nitrogens with two attached hydrogens (primary N) is 1. The largest absolute Gasteiger partial charge is 0.324 e. The zero-order valence-corrected chi connectivity index (χ0v) is 8.39.